The van der Waals surface area contributed by atoms with Crippen molar-refractivity contribution in [1.29, 1.82) is 0 Å². The van der Waals surface area contributed by atoms with Crippen molar-refractivity contribution in [3.63, 3.8) is 0 Å². The minimum absolute atomic E-state index is 0.0974. The molecular formula is C29H33ClFNO4. The second-order valence-electron chi connectivity index (χ2n) is 9.74. The highest BCUT2D eigenvalue weighted by atomic mass is 35.5. The molecule has 3 aromatic rings. The van der Waals surface area contributed by atoms with Gasteiger partial charge < -0.3 is 20.3 Å². The molecule has 3 rings (SSSR count). The Hall–Kier alpha value is -2.77. The summed E-state index contributed by atoms with van der Waals surface area (Å²) in [4.78, 5) is 11.3. The highest BCUT2D eigenvalue weighted by Crippen LogP contribution is 2.32. The van der Waals surface area contributed by atoms with Gasteiger partial charge in [0.25, 0.3) is 0 Å². The van der Waals surface area contributed by atoms with Crippen LogP contribution in [0.3, 0.4) is 0 Å². The average molecular weight is 514 g/mol. The van der Waals surface area contributed by atoms with Crippen LogP contribution in [0.25, 0.3) is 11.1 Å². The van der Waals surface area contributed by atoms with Crippen LogP contribution in [0.4, 0.5) is 4.39 Å². The van der Waals surface area contributed by atoms with Gasteiger partial charge in [-0.1, -0.05) is 48.0 Å². The Balaban J connectivity index is 1.59. The lowest BCUT2D eigenvalue weighted by atomic mass is 9.92. The predicted molar refractivity (Wildman–Crippen MR) is 141 cm³/mol. The largest absolute Gasteiger partial charge is 0.478 e. The molecule has 192 valence electrons. The smallest absolute Gasteiger partial charge is 0.335 e. The first-order chi connectivity index (χ1) is 17.0. The predicted octanol–water partition coefficient (Wildman–Crippen LogP) is 6.20. The molecule has 2 atom stereocenters. The van der Waals surface area contributed by atoms with E-state index in [1.165, 1.54) is 6.07 Å². The first-order valence-electron chi connectivity index (χ1n) is 11.9. The number of halogens is 2. The Bertz CT molecular complexity index is 1210. The van der Waals surface area contributed by atoms with E-state index in [4.69, 9.17) is 16.3 Å². The first kappa shape index (κ1) is 27.8. The van der Waals surface area contributed by atoms with Crippen molar-refractivity contribution in [3.8, 4) is 11.1 Å². The molecule has 0 unspecified atom stereocenters. The number of hydrogen-bond donors (Lipinski definition) is 3. The van der Waals surface area contributed by atoms with E-state index in [1.54, 1.807) is 24.3 Å². The Kier molecular flexibility index (Phi) is 9.25. The zero-order valence-corrected chi connectivity index (χ0v) is 21.8. The van der Waals surface area contributed by atoms with Crippen LogP contribution in [-0.2, 0) is 11.2 Å². The van der Waals surface area contributed by atoms with Crippen molar-refractivity contribution in [2.24, 2.45) is 0 Å². The summed E-state index contributed by atoms with van der Waals surface area (Å²) < 4.78 is 19.8. The minimum atomic E-state index is -0.958. The summed E-state index contributed by atoms with van der Waals surface area (Å²) in [5.41, 5.74) is 4.40. The van der Waals surface area contributed by atoms with Crippen LogP contribution in [0.1, 0.15) is 53.9 Å². The van der Waals surface area contributed by atoms with Gasteiger partial charge in [0.1, 0.15) is 5.82 Å². The van der Waals surface area contributed by atoms with E-state index < -0.39 is 17.9 Å². The quantitative estimate of drug-likeness (QED) is 0.284. The van der Waals surface area contributed by atoms with Gasteiger partial charge in [0.05, 0.1) is 29.4 Å². The maximum Gasteiger partial charge on any atom is 0.335 e. The van der Waals surface area contributed by atoms with Gasteiger partial charge in [0, 0.05) is 12.1 Å². The number of carboxylic acid groups (broad SMARTS) is 1. The fourth-order valence-electron chi connectivity index (χ4n) is 4.22. The van der Waals surface area contributed by atoms with E-state index in [9.17, 15) is 19.4 Å². The third-order valence-corrected chi connectivity index (χ3v) is 6.45. The van der Waals surface area contributed by atoms with E-state index in [-0.39, 0.29) is 28.8 Å². The fourth-order valence-corrected chi connectivity index (χ4v) is 4.33. The lowest BCUT2D eigenvalue weighted by molar-refractivity contribution is -0.00397. The van der Waals surface area contributed by atoms with Crippen molar-refractivity contribution >= 4 is 17.6 Å². The fraction of sp³-hybridized carbons (Fsp3) is 0.345. The standard InChI is InChI=1S/C29H33ClFNO4/c1-18-13-21(28(34)35)10-11-23(18)25-8-6-5-7-24(25)19(2)36-17-22(33)16-32-29(3,4)15-20-9-12-26(30)27(31)14-20/h5-14,19,22,32-33H,15-17H2,1-4H3,(H,34,35)/t19-,22-/m1/s1. The van der Waals surface area contributed by atoms with Crippen LogP contribution in [0, 0.1) is 12.7 Å². The highest BCUT2D eigenvalue weighted by molar-refractivity contribution is 6.30. The van der Waals surface area contributed by atoms with Gasteiger partial charge in [0.15, 0.2) is 0 Å². The Labute approximate surface area is 216 Å². The Morgan fingerprint density at radius 3 is 2.50 bits per heavy atom. The molecule has 0 saturated heterocycles. The number of carboxylic acids is 1. The molecule has 3 aromatic carbocycles. The molecule has 7 heteroatoms. The summed E-state index contributed by atoms with van der Waals surface area (Å²) in [6.45, 7) is 8.24. The number of rotatable bonds is 11. The number of nitrogens with one attached hydrogen (secondary N) is 1. The molecule has 0 heterocycles. The van der Waals surface area contributed by atoms with Gasteiger partial charge >= 0.3 is 5.97 Å². The molecule has 0 radical (unpaired) electrons. The SMILES string of the molecule is Cc1cc(C(=O)O)ccc1-c1ccccc1[C@@H](C)OC[C@H](O)CNC(C)(C)Cc1ccc(Cl)c(F)c1. The van der Waals surface area contributed by atoms with Crippen molar-refractivity contribution in [2.75, 3.05) is 13.2 Å². The number of aryl methyl sites for hydroxylation is 1. The van der Waals surface area contributed by atoms with E-state index in [2.05, 4.69) is 5.32 Å². The maximum absolute atomic E-state index is 13.8. The molecule has 0 saturated carbocycles. The molecule has 3 N–H and O–H groups in total. The molecule has 0 aromatic heterocycles. The molecule has 0 amide bonds. The number of aliphatic hydroxyl groups excluding tert-OH is 1. The number of carbonyl (C=O) groups is 1. The summed E-state index contributed by atoms with van der Waals surface area (Å²) in [5, 5.41) is 23.2. The maximum atomic E-state index is 13.8. The van der Waals surface area contributed by atoms with Gasteiger partial charge in [0.2, 0.25) is 0 Å². The zero-order chi connectivity index (χ0) is 26.5. The van der Waals surface area contributed by atoms with Gasteiger partial charge in [-0.25, -0.2) is 9.18 Å². The molecular weight excluding hydrogens is 481 g/mol. The summed E-state index contributed by atoms with van der Waals surface area (Å²) in [7, 11) is 0. The molecule has 0 spiro atoms. The number of β-amino-alcohol motifs (C(OH)–C–C–N with tert-alkyl or cyclic N) is 1. The summed E-state index contributed by atoms with van der Waals surface area (Å²) >= 11 is 5.77. The van der Waals surface area contributed by atoms with Gasteiger partial charge in [-0.3, -0.25) is 0 Å². The topological polar surface area (TPSA) is 78.8 Å². The molecule has 0 aliphatic heterocycles. The lowest BCUT2D eigenvalue weighted by Gasteiger charge is -2.28. The van der Waals surface area contributed by atoms with Gasteiger partial charge in [-0.2, -0.15) is 0 Å². The normalized spacial score (nSPS) is 13.4. The molecule has 0 aliphatic carbocycles. The van der Waals surface area contributed by atoms with Crippen LogP contribution in [0.5, 0.6) is 0 Å². The molecule has 0 fully saturated rings. The third kappa shape index (κ3) is 7.37. The minimum Gasteiger partial charge on any atom is -0.478 e. The number of ether oxygens (including phenoxy) is 1. The zero-order valence-electron chi connectivity index (χ0n) is 21.0. The average Bonchev–Trinajstić information content (AvgIpc) is 2.83. The second-order valence-corrected chi connectivity index (χ2v) is 10.1. The monoisotopic (exact) mass is 513 g/mol. The van der Waals surface area contributed by atoms with Crippen LogP contribution < -0.4 is 5.32 Å². The van der Waals surface area contributed by atoms with E-state index in [0.717, 1.165) is 27.8 Å². The van der Waals surface area contributed by atoms with Gasteiger partial charge in [-0.15, -0.1) is 0 Å². The molecule has 36 heavy (non-hydrogen) atoms. The van der Waals surface area contributed by atoms with Crippen molar-refractivity contribution in [3.05, 3.63) is 93.8 Å². The van der Waals surface area contributed by atoms with Gasteiger partial charge in [-0.05, 0) is 86.2 Å². The van der Waals surface area contributed by atoms with Crippen molar-refractivity contribution in [1.82, 2.24) is 5.32 Å². The first-order valence-corrected chi connectivity index (χ1v) is 12.3. The molecule has 0 bridgehead atoms. The molecule has 5 nitrogen and oxygen atoms in total. The lowest BCUT2D eigenvalue weighted by Crippen LogP contribution is -2.46. The summed E-state index contributed by atoms with van der Waals surface area (Å²) in [6, 6.07) is 17.7. The van der Waals surface area contributed by atoms with Crippen LogP contribution in [0.15, 0.2) is 60.7 Å². The molecule has 0 aliphatic rings. The van der Waals surface area contributed by atoms with Crippen LogP contribution in [0.2, 0.25) is 5.02 Å². The Morgan fingerprint density at radius 1 is 1.11 bits per heavy atom. The number of benzene rings is 3. The van der Waals surface area contributed by atoms with Crippen molar-refractivity contribution < 1.29 is 24.1 Å². The third-order valence-electron chi connectivity index (χ3n) is 6.15. The second kappa shape index (κ2) is 12.0. The van der Waals surface area contributed by atoms with E-state index in [1.807, 2.05) is 58.0 Å². The van der Waals surface area contributed by atoms with Crippen LogP contribution in [-0.4, -0.2) is 41.0 Å². The summed E-state index contributed by atoms with van der Waals surface area (Å²) in [6.07, 6.45) is -0.463. The number of aromatic carboxylic acids is 1. The summed E-state index contributed by atoms with van der Waals surface area (Å²) in [5.74, 6) is -1.40. The van der Waals surface area contributed by atoms with E-state index >= 15 is 0 Å². The van der Waals surface area contributed by atoms with Crippen molar-refractivity contribution in [2.45, 2.75) is 51.9 Å². The Morgan fingerprint density at radius 2 is 1.83 bits per heavy atom. The van der Waals surface area contributed by atoms with E-state index in [0.29, 0.717) is 13.0 Å². The highest BCUT2D eigenvalue weighted by Gasteiger charge is 2.21. The number of hydrogen-bond acceptors (Lipinski definition) is 4. The van der Waals surface area contributed by atoms with Crippen LogP contribution >= 0.6 is 11.6 Å². The number of aliphatic hydroxyl groups is 1.